The summed E-state index contributed by atoms with van der Waals surface area (Å²) >= 11 is 0. The third-order valence-electron chi connectivity index (χ3n) is 5.18. The molecule has 0 spiro atoms. The molecule has 2 aromatic rings. The van der Waals surface area contributed by atoms with Crippen LogP contribution >= 0.6 is 0 Å². The third-order valence-corrected chi connectivity index (χ3v) is 6.24. The van der Waals surface area contributed by atoms with Gasteiger partial charge in [-0.05, 0) is 43.5 Å². The first-order valence-corrected chi connectivity index (χ1v) is 9.81. The van der Waals surface area contributed by atoms with Gasteiger partial charge in [0, 0.05) is 37.5 Å². The molecule has 7 nitrogen and oxygen atoms in total. The van der Waals surface area contributed by atoms with Crippen LogP contribution in [0.2, 0.25) is 0 Å². The molecule has 8 heteroatoms. The number of hydrogen-bond acceptors (Lipinski definition) is 5. The van der Waals surface area contributed by atoms with Crippen molar-refractivity contribution in [1.29, 1.82) is 0 Å². The maximum atomic E-state index is 11.3. The van der Waals surface area contributed by atoms with E-state index in [1.165, 1.54) is 22.5 Å². The summed E-state index contributed by atoms with van der Waals surface area (Å²) in [4.78, 5) is 2.28. The zero-order valence-corrected chi connectivity index (χ0v) is 16.0. The number of rotatable bonds is 5. The summed E-state index contributed by atoms with van der Waals surface area (Å²) in [6, 6.07) is 4.24. The van der Waals surface area contributed by atoms with Gasteiger partial charge in [0.2, 0.25) is 0 Å². The van der Waals surface area contributed by atoms with Gasteiger partial charge >= 0.3 is 0 Å². The highest BCUT2D eigenvalue weighted by Gasteiger charge is 2.39. The van der Waals surface area contributed by atoms with Crippen molar-refractivity contribution < 1.29 is 8.42 Å². The van der Waals surface area contributed by atoms with Crippen LogP contribution in [-0.2, 0) is 10.2 Å². The smallest absolute Gasteiger partial charge is 0.276 e. The molecular formula is C17H25N5O2S. The molecule has 2 heterocycles. The molecule has 0 saturated carbocycles. The molecular weight excluding hydrogens is 338 g/mol. The van der Waals surface area contributed by atoms with Gasteiger partial charge in [-0.2, -0.15) is 22.9 Å². The molecule has 1 fully saturated rings. The van der Waals surface area contributed by atoms with Crippen molar-refractivity contribution in [1.82, 2.24) is 14.5 Å². The zero-order chi connectivity index (χ0) is 18.4. The van der Waals surface area contributed by atoms with E-state index in [0.717, 1.165) is 36.1 Å². The maximum Gasteiger partial charge on any atom is 0.276 e. The molecule has 1 aromatic carbocycles. The Bertz CT molecular complexity index is 907. The van der Waals surface area contributed by atoms with Crippen LogP contribution in [0.25, 0.3) is 10.9 Å². The topological polar surface area (TPSA) is 92.4 Å². The fraction of sp³-hybridized carbons (Fsp3) is 0.529. The molecule has 136 valence electrons. The van der Waals surface area contributed by atoms with E-state index >= 15 is 0 Å². The average Bonchev–Trinajstić information content (AvgIpc) is 2.49. The molecule has 2 N–H and O–H groups in total. The highest BCUT2D eigenvalue weighted by atomic mass is 32.2. The summed E-state index contributed by atoms with van der Waals surface area (Å²) in [5.74, 6) is 0. The molecule has 0 bridgehead atoms. The standard InChI is InChI=1S/C17H25N5O2S/c1-12-7-14-15(8-13(12)2)20-19-9-16(14)22-10-17(3,11-22)5-6-21(4)25(18,23)24/h7-9H,5-6,10-11H2,1-4H3,(H2,18,23,24). The predicted octanol–water partition coefficient (Wildman–Crippen LogP) is 1.60. The number of hydrogen-bond donors (Lipinski definition) is 1. The fourth-order valence-corrected chi connectivity index (χ4v) is 3.66. The molecule has 25 heavy (non-hydrogen) atoms. The summed E-state index contributed by atoms with van der Waals surface area (Å²) < 4.78 is 23.9. The second-order valence-corrected chi connectivity index (χ2v) is 9.12. The fourth-order valence-electron chi connectivity index (χ4n) is 3.31. The molecule has 1 aromatic heterocycles. The van der Waals surface area contributed by atoms with Crippen LogP contribution in [0, 0.1) is 19.3 Å². The van der Waals surface area contributed by atoms with Crippen LogP contribution in [0.5, 0.6) is 0 Å². The Morgan fingerprint density at radius 1 is 1.28 bits per heavy atom. The molecule has 1 aliphatic heterocycles. The van der Waals surface area contributed by atoms with Gasteiger partial charge < -0.3 is 4.90 Å². The van der Waals surface area contributed by atoms with Crippen molar-refractivity contribution in [2.24, 2.45) is 10.6 Å². The van der Waals surface area contributed by atoms with E-state index in [0.29, 0.717) is 6.54 Å². The number of anilines is 1. The van der Waals surface area contributed by atoms with Crippen LogP contribution in [0.3, 0.4) is 0 Å². The van der Waals surface area contributed by atoms with Crippen LogP contribution in [-0.4, -0.2) is 49.6 Å². The Labute approximate surface area is 149 Å². The molecule has 0 atom stereocenters. The van der Waals surface area contributed by atoms with Gasteiger partial charge in [0.05, 0.1) is 17.4 Å². The van der Waals surface area contributed by atoms with Crippen molar-refractivity contribution in [2.45, 2.75) is 27.2 Å². The summed E-state index contributed by atoms with van der Waals surface area (Å²) in [6.45, 7) is 8.50. The highest BCUT2D eigenvalue weighted by Crippen LogP contribution is 2.39. The van der Waals surface area contributed by atoms with E-state index in [1.807, 2.05) is 6.20 Å². The lowest BCUT2D eigenvalue weighted by molar-refractivity contribution is 0.209. The second-order valence-electron chi connectivity index (χ2n) is 7.47. The van der Waals surface area contributed by atoms with E-state index in [-0.39, 0.29) is 5.41 Å². The highest BCUT2D eigenvalue weighted by molar-refractivity contribution is 7.86. The monoisotopic (exact) mass is 363 g/mol. The Kier molecular flexibility index (Phi) is 4.47. The first kappa shape index (κ1) is 18.0. The number of aromatic nitrogens is 2. The maximum absolute atomic E-state index is 11.3. The van der Waals surface area contributed by atoms with E-state index in [1.54, 1.807) is 0 Å². The van der Waals surface area contributed by atoms with Crippen molar-refractivity contribution in [3.63, 3.8) is 0 Å². The molecule has 0 aliphatic carbocycles. The Morgan fingerprint density at radius 3 is 2.56 bits per heavy atom. The molecule has 3 rings (SSSR count). The van der Waals surface area contributed by atoms with Crippen LogP contribution < -0.4 is 10.0 Å². The van der Waals surface area contributed by atoms with Gasteiger partial charge in [-0.3, -0.25) is 0 Å². The van der Waals surface area contributed by atoms with Gasteiger partial charge in [-0.1, -0.05) is 6.92 Å². The summed E-state index contributed by atoms with van der Waals surface area (Å²) in [5, 5.41) is 14.6. The van der Waals surface area contributed by atoms with E-state index in [4.69, 9.17) is 5.14 Å². The molecule has 1 aliphatic rings. The normalized spacial score (nSPS) is 17.1. The largest absolute Gasteiger partial charge is 0.368 e. The lowest BCUT2D eigenvalue weighted by Gasteiger charge is -2.50. The number of nitrogens with two attached hydrogens (primary N) is 1. The number of fused-ring (bicyclic) bond motifs is 1. The van der Waals surface area contributed by atoms with Gasteiger partial charge in [0.25, 0.3) is 10.2 Å². The van der Waals surface area contributed by atoms with Gasteiger partial charge in [-0.15, -0.1) is 0 Å². The SMILES string of the molecule is Cc1cc2nncc(N3CC(C)(CCN(C)S(N)(=O)=O)C3)c2cc1C. The number of aryl methyl sites for hydroxylation is 2. The minimum absolute atomic E-state index is 0.0638. The Morgan fingerprint density at radius 2 is 1.92 bits per heavy atom. The molecule has 0 amide bonds. The Hall–Kier alpha value is -1.77. The molecule has 0 unspecified atom stereocenters. The van der Waals surface area contributed by atoms with Gasteiger partial charge in [-0.25, -0.2) is 5.14 Å². The van der Waals surface area contributed by atoms with E-state index < -0.39 is 10.2 Å². The summed E-state index contributed by atoms with van der Waals surface area (Å²) in [6.07, 6.45) is 2.58. The van der Waals surface area contributed by atoms with Crippen LogP contribution in [0.4, 0.5) is 5.69 Å². The Balaban J connectivity index is 1.74. The number of benzene rings is 1. The van der Waals surface area contributed by atoms with Gasteiger partial charge in [0.15, 0.2) is 0 Å². The second kappa shape index (κ2) is 6.19. The first-order chi connectivity index (χ1) is 11.6. The number of nitrogens with zero attached hydrogens (tertiary/aromatic N) is 4. The van der Waals surface area contributed by atoms with Gasteiger partial charge in [0.1, 0.15) is 0 Å². The minimum Gasteiger partial charge on any atom is -0.368 e. The third kappa shape index (κ3) is 3.61. The van der Waals surface area contributed by atoms with Crippen molar-refractivity contribution >= 4 is 26.8 Å². The lowest BCUT2D eigenvalue weighted by atomic mass is 9.78. The van der Waals surface area contributed by atoms with Crippen molar-refractivity contribution in [3.8, 4) is 0 Å². The summed E-state index contributed by atoms with van der Waals surface area (Å²) in [7, 11) is -2.10. The van der Waals surface area contributed by atoms with Crippen LogP contribution in [0.1, 0.15) is 24.5 Å². The van der Waals surface area contributed by atoms with Crippen LogP contribution in [0.15, 0.2) is 18.3 Å². The minimum atomic E-state index is -3.61. The van der Waals surface area contributed by atoms with E-state index in [2.05, 4.69) is 48.0 Å². The quantitative estimate of drug-likeness (QED) is 0.871. The van der Waals surface area contributed by atoms with E-state index in [9.17, 15) is 8.42 Å². The molecule has 1 saturated heterocycles. The molecule has 0 radical (unpaired) electrons. The average molecular weight is 363 g/mol. The zero-order valence-electron chi connectivity index (χ0n) is 15.2. The summed E-state index contributed by atoms with van der Waals surface area (Å²) in [5.41, 5.74) is 4.50. The predicted molar refractivity (Wildman–Crippen MR) is 99.7 cm³/mol. The van der Waals surface area contributed by atoms with Crippen molar-refractivity contribution in [3.05, 3.63) is 29.5 Å². The first-order valence-electron chi connectivity index (χ1n) is 8.31. The van der Waals surface area contributed by atoms with Crippen molar-refractivity contribution in [2.75, 3.05) is 31.6 Å². The lowest BCUT2D eigenvalue weighted by Crippen LogP contribution is -2.56.